The zero-order chi connectivity index (χ0) is 25.8. The van der Waals surface area contributed by atoms with Crippen LogP contribution in [0.3, 0.4) is 0 Å². The van der Waals surface area contributed by atoms with E-state index < -0.39 is 0 Å². The highest BCUT2D eigenvalue weighted by molar-refractivity contribution is 5.44. The lowest BCUT2D eigenvalue weighted by atomic mass is 9.63. The molecule has 0 aromatic heterocycles. The van der Waals surface area contributed by atoms with Crippen LogP contribution >= 0.6 is 0 Å². The highest BCUT2D eigenvalue weighted by atomic mass is 16.5. The van der Waals surface area contributed by atoms with Crippen molar-refractivity contribution in [1.82, 2.24) is 0 Å². The first-order valence-corrected chi connectivity index (χ1v) is 13.5. The number of nitrogens with zero attached hydrogens (tertiary/aromatic N) is 1. The summed E-state index contributed by atoms with van der Waals surface area (Å²) < 4.78 is 12.4. The molecule has 0 aliphatic heterocycles. The highest BCUT2D eigenvalue weighted by Gasteiger charge is 2.37. The van der Waals surface area contributed by atoms with Crippen LogP contribution in [0.1, 0.15) is 69.9 Å². The Balaban J connectivity index is 1.37. The van der Waals surface area contributed by atoms with Gasteiger partial charge in [-0.05, 0) is 96.5 Å². The first kappa shape index (κ1) is 25.0. The molecule has 0 saturated heterocycles. The molecule has 0 spiro atoms. The van der Waals surface area contributed by atoms with Crippen LogP contribution in [0.4, 0.5) is 0 Å². The molecule has 2 aromatic carbocycles. The molecular weight excluding hydrogens is 456 g/mol. The Labute approximate surface area is 221 Å². The van der Waals surface area contributed by atoms with Gasteiger partial charge in [0.2, 0.25) is 0 Å². The van der Waals surface area contributed by atoms with Crippen LogP contribution in [-0.2, 0) is 5.41 Å². The molecule has 0 bridgehead atoms. The molecule has 190 valence electrons. The van der Waals surface area contributed by atoms with Gasteiger partial charge in [-0.15, -0.1) is 0 Å². The maximum atomic E-state index is 6.25. The summed E-state index contributed by atoms with van der Waals surface area (Å²) in [6, 6.07) is 17.5. The third kappa shape index (κ3) is 5.52. The van der Waals surface area contributed by atoms with Gasteiger partial charge in [-0.1, -0.05) is 38.1 Å². The molecule has 3 aliphatic carbocycles. The summed E-state index contributed by atoms with van der Waals surface area (Å²) in [5, 5.41) is 0. The van der Waals surface area contributed by atoms with Gasteiger partial charge in [0.1, 0.15) is 23.0 Å². The molecule has 4 nitrogen and oxygen atoms in total. The van der Waals surface area contributed by atoms with E-state index in [-0.39, 0.29) is 11.3 Å². The fourth-order valence-corrected chi connectivity index (χ4v) is 5.74. The molecule has 0 amide bonds. The number of allylic oxidation sites excluding steroid dienone is 8. The molecule has 37 heavy (non-hydrogen) atoms. The lowest BCUT2D eigenvalue weighted by Gasteiger charge is -2.41. The number of nitrogens with two attached hydrogens (primary N) is 1. The lowest BCUT2D eigenvalue weighted by molar-refractivity contribution is 0.280. The molecule has 1 saturated carbocycles. The lowest BCUT2D eigenvalue weighted by Crippen LogP contribution is -2.32. The molecule has 0 heterocycles. The van der Waals surface area contributed by atoms with Crippen molar-refractivity contribution >= 4 is 0 Å². The SMILES string of the molecule is C#[N+]C1=CC=C(Oc2ccc(C3(c4ccc(OC5=CC=C(N)CC5)cc4)CCC(C)CC3)cc2)C(C)C1. The maximum Gasteiger partial charge on any atom is 0.317 e. The summed E-state index contributed by atoms with van der Waals surface area (Å²) in [5.41, 5.74) is 10.4. The Bertz CT molecular complexity index is 1280. The summed E-state index contributed by atoms with van der Waals surface area (Å²) >= 11 is 0. The smallest absolute Gasteiger partial charge is 0.317 e. The number of rotatable bonds is 6. The minimum atomic E-state index is 0.00251. The molecule has 0 radical (unpaired) electrons. The van der Waals surface area contributed by atoms with Crippen LogP contribution in [0.2, 0.25) is 0 Å². The van der Waals surface area contributed by atoms with E-state index in [0.717, 1.165) is 72.4 Å². The molecule has 2 N–H and O–H groups in total. The number of benzene rings is 2. The van der Waals surface area contributed by atoms with Gasteiger partial charge >= 0.3 is 5.70 Å². The van der Waals surface area contributed by atoms with Crippen LogP contribution in [0.15, 0.2) is 95.7 Å². The van der Waals surface area contributed by atoms with Gasteiger partial charge in [-0.2, -0.15) is 0 Å². The molecule has 1 atom stereocenters. The Kier molecular flexibility index (Phi) is 7.24. The Morgan fingerprint density at radius 3 is 1.97 bits per heavy atom. The Hall–Kier alpha value is -3.71. The first-order chi connectivity index (χ1) is 17.9. The van der Waals surface area contributed by atoms with Crippen LogP contribution in [0.5, 0.6) is 11.5 Å². The van der Waals surface area contributed by atoms with Crippen molar-refractivity contribution in [1.29, 1.82) is 0 Å². The van der Waals surface area contributed by atoms with Gasteiger partial charge in [-0.3, -0.25) is 0 Å². The number of ether oxygens (including phenoxy) is 2. The van der Waals surface area contributed by atoms with E-state index in [0.29, 0.717) is 0 Å². The molecule has 2 aromatic rings. The van der Waals surface area contributed by atoms with E-state index in [2.05, 4.69) is 67.2 Å². The van der Waals surface area contributed by atoms with Gasteiger partial charge in [0.25, 0.3) is 6.57 Å². The molecule has 1 unspecified atom stereocenters. The summed E-state index contributed by atoms with van der Waals surface area (Å²) in [5.74, 6) is 4.66. The standard InChI is InChI=1S/C33H37N2O2/c1-23-18-20-33(21-19-23,25-4-11-29(12-5-25)36-30-15-8-27(34)9-16-30)26-6-13-31(14-7-26)37-32-17-10-28(35-3)22-24(32)2/h3-8,10-15,17,23-24H,9,16,18-22,34H2,1-2H3/q+1. The largest absolute Gasteiger partial charge is 0.462 e. The van der Waals surface area contributed by atoms with Crippen LogP contribution in [0.25, 0.3) is 4.85 Å². The molecular formula is C33H37N2O2+. The summed E-state index contributed by atoms with van der Waals surface area (Å²) in [4.78, 5) is 3.83. The average Bonchev–Trinajstić information content (AvgIpc) is 2.93. The van der Waals surface area contributed by atoms with Gasteiger partial charge in [0.15, 0.2) is 0 Å². The van der Waals surface area contributed by atoms with E-state index >= 15 is 0 Å². The van der Waals surface area contributed by atoms with E-state index in [4.69, 9.17) is 21.8 Å². The third-order valence-electron chi connectivity index (χ3n) is 8.18. The second-order valence-corrected chi connectivity index (χ2v) is 10.9. The molecule has 3 aliphatic rings. The van der Waals surface area contributed by atoms with E-state index in [1.807, 2.05) is 24.3 Å². The highest BCUT2D eigenvalue weighted by Crippen LogP contribution is 2.47. The topological polar surface area (TPSA) is 48.8 Å². The van der Waals surface area contributed by atoms with Crippen molar-refractivity contribution in [2.45, 2.75) is 64.2 Å². The first-order valence-electron chi connectivity index (χ1n) is 13.5. The summed E-state index contributed by atoms with van der Waals surface area (Å²) in [6.45, 7) is 9.95. The zero-order valence-corrected chi connectivity index (χ0v) is 22.0. The third-order valence-corrected chi connectivity index (χ3v) is 8.18. The molecule has 1 fully saturated rings. The predicted octanol–water partition coefficient (Wildman–Crippen LogP) is 8.23. The van der Waals surface area contributed by atoms with Crippen molar-refractivity contribution in [3.05, 3.63) is 112 Å². The summed E-state index contributed by atoms with van der Waals surface area (Å²) in [7, 11) is 0. The average molecular weight is 494 g/mol. The zero-order valence-electron chi connectivity index (χ0n) is 22.0. The van der Waals surface area contributed by atoms with E-state index in [9.17, 15) is 0 Å². The predicted molar refractivity (Wildman–Crippen MR) is 150 cm³/mol. The van der Waals surface area contributed by atoms with Crippen molar-refractivity contribution in [2.75, 3.05) is 0 Å². The monoisotopic (exact) mass is 493 g/mol. The Morgan fingerprint density at radius 1 is 0.811 bits per heavy atom. The van der Waals surface area contributed by atoms with Gasteiger partial charge in [0, 0.05) is 29.5 Å². The van der Waals surface area contributed by atoms with Gasteiger partial charge < -0.3 is 15.2 Å². The van der Waals surface area contributed by atoms with Crippen molar-refractivity contribution in [3.8, 4) is 18.1 Å². The van der Waals surface area contributed by atoms with Crippen LogP contribution in [-0.4, -0.2) is 0 Å². The fourth-order valence-electron chi connectivity index (χ4n) is 5.74. The number of hydrogen-bond acceptors (Lipinski definition) is 3. The van der Waals surface area contributed by atoms with Gasteiger partial charge in [-0.25, -0.2) is 0 Å². The minimum absolute atomic E-state index is 0.00251. The molecule has 5 rings (SSSR count). The fraction of sp³-hybridized carbons (Fsp3) is 0.364. The number of hydrogen-bond donors (Lipinski definition) is 1. The van der Waals surface area contributed by atoms with Crippen molar-refractivity contribution < 1.29 is 9.47 Å². The maximum absolute atomic E-state index is 6.25. The Morgan fingerprint density at radius 2 is 1.43 bits per heavy atom. The van der Waals surface area contributed by atoms with E-state index in [1.54, 1.807) is 0 Å². The second kappa shape index (κ2) is 10.7. The van der Waals surface area contributed by atoms with Gasteiger partial charge in [0.05, 0.1) is 6.42 Å². The van der Waals surface area contributed by atoms with Crippen molar-refractivity contribution in [3.63, 3.8) is 0 Å². The second-order valence-electron chi connectivity index (χ2n) is 10.9. The van der Waals surface area contributed by atoms with Crippen LogP contribution in [0, 0.1) is 18.4 Å². The molecule has 4 heteroatoms. The normalized spacial score (nSPS) is 25.6. The minimum Gasteiger partial charge on any atom is -0.462 e. The van der Waals surface area contributed by atoms with E-state index in [1.165, 1.54) is 24.0 Å². The van der Waals surface area contributed by atoms with Crippen LogP contribution < -0.4 is 15.2 Å². The quantitative estimate of drug-likeness (QED) is 0.441. The van der Waals surface area contributed by atoms with Crippen molar-refractivity contribution in [2.24, 2.45) is 17.6 Å². The summed E-state index contributed by atoms with van der Waals surface area (Å²) in [6.07, 6.45) is 15.1.